The largest absolute Gasteiger partial charge is 0.355 e. The van der Waals surface area contributed by atoms with Crippen molar-refractivity contribution in [3.63, 3.8) is 0 Å². The minimum Gasteiger partial charge on any atom is -0.355 e. The Balaban J connectivity index is 3.67. The molecule has 24 heavy (non-hydrogen) atoms. The van der Waals surface area contributed by atoms with Gasteiger partial charge in [-0.1, -0.05) is 39.3 Å². The van der Waals surface area contributed by atoms with Gasteiger partial charge in [0, 0.05) is 37.1 Å². The number of hydrogen-bond acceptors (Lipinski definition) is 4. The first-order valence-electron chi connectivity index (χ1n) is 8.70. The second-order valence-corrected chi connectivity index (χ2v) is 7.02. The van der Waals surface area contributed by atoms with Crippen molar-refractivity contribution in [2.45, 2.75) is 47.0 Å². The summed E-state index contributed by atoms with van der Waals surface area (Å²) in [6, 6.07) is 0. The summed E-state index contributed by atoms with van der Waals surface area (Å²) < 4.78 is 0. The van der Waals surface area contributed by atoms with Crippen LogP contribution in [-0.4, -0.2) is 42.2 Å². The van der Waals surface area contributed by atoms with E-state index in [4.69, 9.17) is 0 Å². The average molecular weight is 357 g/mol. The SMILES string of the molecule is CC=CC(C)C(=O)CCNC(=O)CSCCNC(=O)C(C)CCC. The highest BCUT2D eigenvalue weighted by molar-refractivity contribution is 7.99. The third kappa shape index (κ3) is 11.3. The number of ketones is 1. The van der Waals surface area contributed by atoms with E-state index >= 15 is 0 Å². The summed E-state index contributed by atoms with van der Waals surface area (Å²) in [5.41, 5.74) is 0. The fourth-order valence-corrected chi connectivity index (χ4v) is 2.83. The maximum Gasteiger partial charge on any atom is 0.230 e. The minimum atomic E-state index is -0.0972. The third-order valence-corrected chi connectivity index (χ3v) is 4.59. The van der Waals surface area contributed by atoms with Crippen LogP contribution in [-0.2, 0) is 14.4 Å². The molecule has 0 bridgehead atoms. The molecule has 0 aromatic heterocycles. The quantitative estimate of drug-likeness (QED) is 0.393. The van der Waals surface area contributed by atoms with E-state index in [1.54, 1.807) is 0 Å². The fraction of sp³-hybridized carbons (Fsp3) is 0.722. The molecule has 2 amide bonds. The number of hydrogen-bond donors (Lipinski definition) is 2. The van der Waals surface area contributed by atoms with Gasteiger partial charge in [-0.2, -0.15) is 11.8 Å². The molecule has 6 heteroatoms. The summed E-state index contributed by atoms with van der Waals surface area (Å²) in [5.74, 6) is 1.14. The predicted octanol–water partition coefficient (Wildman–Crippen LogP) is 2.56. The summed E-state index contributed by atoms with van der Waals surface area (Å²) in [4.78, 5) is 35.1. The lowest BCUT2D eigenvalue weighted by Gasteiger charge is -2.11. The summed E-state index contributed by atoms with van der Waals surface area (Å²) in [7, 11) is 0. The number of carbonyl (C=O) groups excluding carboxylic acids is 3. The summed E-state index contributed by atoms with van der Waals surface area (Å²) in [5, 5.41) is 5.63. The molecule has 0 aliphatic rings. The molecule has 0 radical (unpaired) electrons. The Bertz CT molecular complexity index is 424. The highest BCUT2D eigenvalue weighted by Gasteiger charge is 2.11. The number of rotatable bonds is 13. The molecule has 0 spiro atoms. The second kappa shape index (κ2) is 14.1. The highest BCUT2D eigenvalue weighted by atomic mass is 32.2. The van der Waals surface area contributed by atoms with Gasteiger partial charge in [0.25, 0.3) is 0 Å². The van der Waals surface area contributed by atoms with Crippen molar-refractivity contribution in [2.75, 3.05) is 24.6 Å². The van der Waals surface area contributed by atoms with Gasteiger partial charge in [0.1, 0.15) is 5.78 Å². The first kappa shape index (κ1) is 22.7. The van der Waals surface area contributed by atoms with Crippen LogP contribution in [0.15, 0.2) is 12.2 Å². The molecule has 2 unspecified atom stereocenters. The van der Waals surface area contributed by atoms with Crippen molar-refractivity contribution in [1.29, 1.82) is 0 Å². The van der Waals surface area contributed by atoms with E-state index in [9.17, 15) is 14.4 Å². The molecular formula is C18H32N2O3S. The Morgan fingerprint density at radius 3 is 2.46 bits per heavy atom. The standard InChI is InChI=1S/C18H32N2O3S/c1-5-7-14(3)16(21)9-10-19-17(22)13-24-12-11-20-18(23)15(4)8-6-2/h5,7,14-15H,6,8-13H2,1-4H3,(H,19,22)(H,20,23). The molecule has 138 valence electrons. The number of amides is 2. The Hall–Kier alpha value is -1.30. The van der Waals surface area contributed by atoms with Crippen LogP contribution >= 0.6 is 11.8 Å². The lowest BCUT2D eigenvalue weighted by atomic mass is 10.0. The van der Waals surface area contributed by atoms with Crippen molar-refractivity contribution in [1.82, 2.24) is 10.6 Å². The van der Waals surface area contributed by atoms with Gasteiger partial charge < -0.3 is 10.6 Å². The average Bonchev–Trinajstić information content (AvgIpc) is 2.54. The Morgan fingerprint density at radius 2 is 1.83 bits per heavy atom. The maximum absolute atomic E-state index is 11.7. The van der Waals surface area contributed by atoms with Crippen LogP contribution < -0.4 is 10.6 Å². The van der Waals surface area contributed by atoms with Gasteiger partial charge in [-0.25, -0.2) is 0 Å². The Labute approximate surface area is 150 Å². The molecular weight excluding hydrogens is 324 g/mol. The van der Waals surface area contributed by atoms with Crippen LogP contribution in [0.3, 0.4) is 0 Å². The molecule has 0 saturated carbocycles. The fourth-order valence-electron chi connectivity index (χ4n) is 2.15. The Morgan fingerprint density at radius 1 is 1.12 bits per heavy atom. The molecule has 2 N–H and O–H groups in total. The molecule has 5 nitrogen and oxygen atoms in total. The van der Waals surface area contributed by atoms with Crippen molar-refractivity contribution >= 4 is 29.4 Å². The second-order valence-electron chi connectivity index (χ2n) is 5.91. The van der Waals surface area contributed by atoms with Gasteiger partial charge in [-0.05, 0) is 13.3 Å². The topological polar surface area (TPSA) is 75.3 Å². The lowest BCUT2D eigenvalue weighted by Crippen LogP contribution is -2.32. The van der Waals surface area contributed by atoms with Crippen molar-refractivity contribution in [3.05, 3.63) is 12.2 Å². The van der Waals surface area contributed by atoms with Gasteiger partial charge >= 0.3 is 0 Å². The zero-order valence-corrected chi connectivity index (χ0v) is 16.2. The molecule has 0 rings (SSSR count). The van der Waals surface area contributed by atoms with Crippen molar-refractivity contribution in [3.8, 4) is 0 Å². The lowest BCUT2D eigenvalue weighted by molar-refractivity contribution is -0.124. The van der Waals surface area contributed by atoms with E-state index in [0.29, 0.717) is 31.0 Å². The first-order chi connectivity index (χ1) is 11.4. The number of Topliss-reactive ketones (excluding diaryl/α,β-unsaturated/α-hetero) is 1. The van der Waals surface area contributed by atoms with Gasteiger partial charge in [-0.15, -0.1) is 0 Å². The van der Waals surface area contributed by atoms with Gasteiger partial charge in [0.2, 0.25) is 11.8 Å². The van der Waals surface area contributed by atoms with E-state index in [2.05, 4.69) is 17.6 Å². The van der Waals surface area contributed by atoms with Crippen LogP contribution in [0.2, 0.25) is 0 Å². The van der Waals surface area contributed by atoms with E-state index < -0.39 is 0 Å². The molecule has 0 aromatic carbocycles. The normalized spacial score (nSPS) is 13.5. The number of allylic oxidation sites excluding steroid dienone is 2. The predicted molar refractivity (Wildman–Crippen MR) is 101 cm³/mol. The number of nitrogens with one attached hydrogen (secondary N) is 2. The third-order valence-electron chi connectivity index (χ3n) is 3.63. The minimum absolute atomic E-state index is 0.0470. The van der Waals surface area contributed by atoms with E-state index in [0.717, 1.165) is 12.8 Å². The zero-order valence-electron chi connectivity index (χ0n) is 15.4. The van der Waals surface area contributed by atoms with Crippen LogP contribution in [0.5, 0.6) is 0 Å². The highest BCUT2D eigenvalue weighted by Crippen LogP contribution is 2.05. The van der Waals surface area contributed by atoms with E-state index in [1.807, 2.05) is 32.9 Å². The molecule has 0 aliphatic carbocycles. The first-order valence-corrected chi connectivity index (χ1v) is 9.85. The van der Waals surface area contributed by atoms with E-state index in [-0.39, 0.29) is 29.4 Å². The van der Waals surface area contributed by atoms with Gasteiger partial charge in [0.15, 0.2) is 0 Å². The molecule has 0 fully saturated rings. The van der Waals surface area contributed by atoms with Gasteiger partial charge in [0.05, 0.1) is 5.75 Å². The smallest absolute Gasteiger partial charge is 0.230 e. The summed E-state index contributed by atoms with van der Waals surface area (Å²) in [6.07, 6.45) is 5.97. The van der Waals surface area contributed by atoms with Crippen molar-refractivity contribution < 1.29 is 14.4 Å². The van der Waals surface area contributed by atoms with Crippen molar-refractivity contribution in [2.24, 2.45) is 11.8 Å². The molecule has 0 aliphatic heterocycles. The molecule has 2 atom stereocenters. The molecule has 0 saturated heterocycles. The summed E-state index contributed by atoms with van der Waals surface area (Å²) >= 11 is 1.48. The molecule has 0 aromatic rings. The summed E-state index contributed by atoms with van der Waals surface area (Å²) in [6.45, 7) is 8.69. The monoisotopic (exact) mass is 356 g/mol. The number of carbonyl (C=O) groups is 3. The van der Waals surface area contributed by atoms with Crippen LogP contribution in [0, 0.1) is 11.8 Å². The van der Waals surface area contributed by atoms with Crippen LogP contribution in [0.1, 0.15) is 47.0 Å². The molecule has 0 heterocycles. The zero-order chi connectivity index (χ0) is 18.4. The van der Waals surface area contributed by atoms with Crippen LogP contribution in [0.4, 0.5) is 0 Å². The van der Waals surface area contributed by atoms with E-state index in [1.165, 1.54) is 11.8 Å². The Kier molecular flexibility index (Phi) is 13.3. The maximum atomic E-state index is 11.7. The van der Waals surface area contributed by atoms with Gasteiger partial charge in [-0.3, -0.25) is 14.4 Å². The van der Waals surface area contributed by atoms with Crippen LogP contribution in [0.25, 0.3) is 0 Å². The number of thioether (sulfide) groups is 1.